The molecule has 1 rings (SSSR count). The molecular weight excluding hydrogens is 334 g/mol. The van der Waals surface area contributed by atoms with Crippen LogP contribution < -0.4 is 10.6 Å². The van der Waals surface area contributed by atoms with E-state index in [4.69, 9.17) is 0 Å². The second kappa shape index (κ2) is 8.67. The Bertz CT molecular complexity index is 476. The molecule has 1 aromatic rings. The summed E-state index contributed by atoms with van der Waals surface area (Å²) < 4.78 is 1.000. The Labute approximate surface area is 134 Å². The molecule has 3 amide bonds. The summed E-state index contributed by atoms with van der Waals surface area (Å²) >= 11 is 3.37. The maximum absolute atomic E-state index is 12.0. The number of carbonyl (C=O) groups excluding carboxylic acids is 2. The molecule has 0 heterocycles. The van der Waals surface area contributed by atoms with E-state index >= 15 is 0 Å². The van der Waals surface area contributed by atoms with Crippen LogP contribution in [-0.4, -0.2) is 36.5 Å². The van der Waals surface area contributed by atoms with Gasteiger partial charge >= 0.3 is 6.03 Å². The van der Waals surface area contributed by atoms with Crippen LogP contribution in [0, 0.1) is 0 Å². The van der Waals surface area contributed by atoms with Crippen molar-refractivity contribution in [2.75, 3.05) is 13.6 Å². The quantitative estimate of drug-likeness (QED) is 0.823. The van der Waals surface area contributed by atoms with Gasteiger partial charge in [0.05, 0.1) is 0 Å². The van der Waals surface area contributed by atoms with Gasteiger partial charge in [-0.25, -0.2) is 4.79 Å². The smallest absolute Gasteiger partial charge is 0.318 e. The molecule has 5 nitrogen and oxygen atoms in total. The summed E-state index contributed by atoms with van der Waals surface area (Å²) in [6.07, 6.45) is 0.871. The average molecular weight is 356 g/mol. The zero-order valence-corrected chi connectivity index (χ0v) is 14.2. The summed E-state index contributed by atoms with van der Waals surface area (Å²) in [5, 5.41) is 5.44. The summed E-state index contributed by atoms with van der Waals surface area (Å²) in [7, 11) is 1.70. The van der Waals surface area contributed by atoms with E-state index in [2.05, 4.69) is 26.6 Å². The Morgan fingerprint density at radius 2 is 1.90 bits per heavy atom. The first-order chi connectivity index (χ1) is 9.93. The number of benzene rings is 1. The molecule has 0 fully saturated rings. The Morgan fingerprint density at radius 1 is 1.29 bits per heavy atom. The number of amides is 3. The molecule has 1 atom stereocenters. The molecule has 21 heavy (non-hydrogen) atoms. The molecule has 0 aliphatic heterocycles. The summed E-state index contributed by atoms with van der Waals surface area (Å²) in [6, 6.07) is 6.95. The van der Waals surface area contributed by atoms with Crippen LogP contribution in [0.1, 0.15) is 25.8 Å². The Morgan fingerprint density at radius 3 is 2.48 bits per heavy atom. The van der Waals surface area contributed by atoms with Gasteiger partial charge in [0.25, 0.3) is 0 Å². The monoisotopic (exact) mass is 355 g/mol. The molecule has 0 saturated carbocycles. The van der Waals surface area contributed by atoms with E-state index in [1.807, 2.05) is 31.2 Å². The van der Waals surface area contributed by atoms with Crippen molar-refractivity contribution in [2.24, 2.45) is 0 Å². The molecule has 6 heteroatoms. The number of nitrogens with zero attached hydrogens (tertiary/aromatic N) is 1. The molecule has 0 radical (unpaired) electrons. The van der Waals surface area contributed by atoms with E-state index < -0.39 is 6.04 Å². The third kappa shape index (κ3) is 6.16. The number of carbonyl (C=O) groups is 2. The van der Waals surface area contributed by atoms with Crippen molar-refractivity contribution in [3.05, 3.63) is 34.3 Å². The summed E-state index contributed by atoms with van der Waals surface area (Å²) in [4.78, 5) is 25.3. The molecule has 0 spiro atoms. The third-order valence-electron chi connectivity index (χ3n) is 2.96. The predicted octanol–water partition coefficient (Wildman–Crippen LogP) is 2.51. The minimum Gasteiger partial charge on any atom is -0.354 e. The minimum atomic E-state index is -0.545. The molecule has 0 aliphatic rings. The molecule has 0 saturated heterocycles. The van der Waals surface area contributed by atoms with Crippen molar-refractivity contribution in [1.29, 1.82) is 0 Å². The van der Waals surface area contributed by atoms with Crippen LogP contribution in [0.5, 0.6) is 0 Å². The van der Waals surface area contributed by atoms with Crippen LogP contribution >= 0.6 is 15.9 Å². The van der Waals surface area contributed by atoms with Gasteiger partial charge in [0.2, 0.25) is 5.91 Å². The average Bonchev–Trinajstić information content (AvgIpc) is 2.46. The first-order valence-corrected chi connectivity index (χ1v) is 7.77. The van der Waals surface area contributed by atoms with Crippen LogP contribution in [0.2, 0.25) is 0 Å². The van der Waals surface area contributed by atoms with Gasteiger partial charge in [0.15, 0.2) is 0 Å². The van der Waals surface area contributed by atoms with E-state index in [9.17, 15) is 9.59 Å². The number of rotatable bonds is 6. The maximum atomic E-state index is 12.0. The maximum Gasteiger partial charge on any atom is 0.318 e. The lowest BCUT2D eigenvalue weighted by Crippen LogP contribution is -2.48. The van der Waals surface area contributed by atoms with E-state index in [0.717, 1.165) is 16.5 Å². The van der Waals surface area contributed by atoms with Crippen molar-refractivity contribution in [3.8, 4) is 0 Å². The van der Waals surface area contributed by atoms with Crippen molar-refractivity contribution < 1.29 is 9.59 Å². The predicted molar refractivity (Wildman–Crippen MR) is 86.9 cm³/mol. The normalized spacial score (nSPS) is 11.6. The third-order valence-corrected chi connectivity index (χ3v) is 3.49. The summed E-state index contributed by atoms with van der Waals surface area (Å²) in [5.41, 5.74) is 1.03. The van der Waals surface area contributed by atoms with Gasteiger partial charge in [-0.05, 0) is 31.0 Å². The lowest BCUT2D eigenvalue weighted by molar-refractivity contribution is -0.122. The summed E-state index contributed by atoms with van der Waals surface area (Å²) in [6.45, 7) is 4.77. The second-order valence-corrected chi connectivity index (χ2v) is 5.86. The standard InChI is InChI=1S/C15H22BrN3O2/c1-4-9-17-14(20)11(2)18-15(21)19(3)10-12-5-7-13(16)8-6-12/h5-8,11H,4,9-10H2,1-3H3,(H,17,20)(H,18,21)/t11-/m1/s1. The Kier molecular flexibility index (Phi) is 7.22. The van der Waals surface area contributed by atoms with Crippen molar-refractivity contribution in [2.45, 2.75) is 32.9 Å². The van der Waals surface area contributed by atoms with E-state index in [1.165, 1.54) is 0 Å². The Hall–Kier alpha value is -1.56. The van der Waals surface area contributed by atoms with Crippen LogP contribution in [0.3, 0.4) is 0 Å². The van der Waals surface area contributed by atoms with Crippen LogP contribution in [0.15, 0.2) is 28.7 Å². The second-order valence-electron chi connectivity index (χ2n) is 4.94. The SMILES string of the molecule is CCCNC(=O)[C@@H](C)NC(=O)N(C)Cc1ccc(Br)cc1. The Balaban J connectivity index is 2.46. The molecule has 0 aliphatic carbocycles. The highest BCUT2D eigenvalue weighted by Gasteiger charge is 2.17. The van der Waals surface area contributed by atoms with Gasteiger partial charge < -0.3 is 15.5 Å². The van der Waals surface area contributed by atoms with Gasteiger partial charge in [-0.3, -0.25) is 4.79 Å². The van der Waals surface area contributed by atoms with Gasteiger partial charge in [-0.2, -0.15) is 0 Å². The highest BCUT2D eigenvalue weighted by atomic mass is 79.9. The van der Waals surface area contributed by atoms with Gasteiger partial charge in [-0.1, -0.05) is 35.0 Å². The largest absolute Gasteiger partial charge is 0.354 e. The number of halogens is 1. The van der Waals surface area contributed by atoms with E-state index in [-0.39, 0.29) is 11.9 Å². The van der Waals surface area contributed by atoms with E-state index in [0.29, 0.717) is 13.1 Å². The number of hydrogen-bond acceptors (Lipinski definition) is 2. The highest BCUT2D eigenvalue weighted by Crippen LogP contribution is 2.11. The fraction of sp³-hybridized carbons (Fsp3) is 0.467. The van der Waals surface area contributed by atoms with Crippen molar-refractivity contribution in [3.63, 3.8) is 0 Å². The topological polar surface area (TPSA) is 61.4 Å². The molecule has 0 bridgehead atoms. The number of urea groups is 1. The van der Waals surface area contributed by atoms with Gasteiger partial charge in [-0.15, -0.1) is 0 Å². The fourth-order valence-electron chi connectivity index (χ4n) is 1.70. The summed E-state index contributed by atoms with van der Waals surface area (Å²) in [5.74, 6) is -0.165. The molecular formula is C15H22BrN3O2. The lowest BCUT2D eigenvalue weighted by atomic mass is 10.2. The molecule has 1 aromatic carbocycles. The minimum absolute atomic E-state index is 0.165. The molecule has 0 aromatic heterocycles. The first kappa shape index (κ1) is 17.5. The van der Waals surface area contributed by atoms with Crippen LogP contribution in [0.25, 0.3) is 0 Å². The number of nitrogens with one attached hydrogen (secondary N) is 2. The highest BCUT2D eigenvalue weighted by molar-refractivity contribution is 9.10. The van der Waals surface area contributed by atoms with Crippen LogP contribution in [0.4, 0.5) is 4.79 Å². The number of hydrogen-bond donors (Lipinski definition) is 2. The molecule has 2 N–H and O–H groups in total. The van der Waals surface area contributed by atoms with Crippen molar-refractivity contribution >= 4 is 27.9 Å². The molecule has 0 unspecified atom stereocenters. The van der Waals surface area contributed by atoms with Crippen molar-refractivity contribution in [1.82, 2.24) is 15.5 Å². The van der Waals surface area contributed by atoms with Crippen LogP contribution in [-0.2, 0) is 11.3 Å². The zero-order valence-electron chi connectivity index (χ0n) is 12.6. The first-order valence-electron chi connectivity index (χ1n) is 6.97. The van der Waals surface area contributed by atoms with E-state index in [1.54, 1.807) is 18.9 Å². The lowest BCUT2D eigenvalue weighted by Gasteiger charge is -2.21. The zero-order chi connectivity index (χ0) is 15.8. The fourth-order valence-corrected chi connectivity index (χ4v) is 1.96. The van der Waals surface area contributed by atoms with Gasteiger partial charge in [0, 0.05) is 24.6 Å². The molecule has 116 valence electrons. The van der Waals surface area contributed by atoms with Gasteiger partial charge in [0.1, 0.15) is 6.04 Å².